The highest BCUT2D eigenvalue weighted by molar-refractivity contribution is 5.95. The Hall–Kier alpha value is -2.01. The van der Waals surface area contributed by atoms with Crippen molar-refractivity contribution in [2.75, 3.05) is 18.6 Å². The maximum absolute atomic E-state index is 5.80. The fourth-order valence-corrected chi connectivity index (χ4v) is 3.25. The van der Waals surface area contributed by atoms with Gasteiger partial charge in [-0.2, -0.15) is 0 Å². The molecule has 0 saturated heterocycles. The number of rotatable bonds is 1. The van der Waals surface area contributed by atoms with Gasteiger partial charge in [-0.1, -0.05) is 0 Å². The van der Waals surface area contributed by atoms with Crippen molar-refractivity contribution in [3.8, 4) is 11.5 Å². The van der Waals surface area contributed by atoms with Crippen LogP contribution in [0.3, 0.4) is 0 Å². The number of aromatic nitrogens is 1. The number of hydrazine groups is 1. The number of pyridine rings is 1. The molecule has 0 fully saturated rings. The van der Waals surface area contributed by atoms with Crippen molar-refractivity contribution >= 4 is 16.6 Å². The number of benzene rings is 1. The highest BCUT2D eigenvalue weighted by Gasteiger charge is 2.20. The van der Waals surface area contributed by atoms with Gasteiger partial charge in [0.2, 0.25) is 0 Å². The monoisotopic (exact) mass is 285 g/mol. The molecule has 0 spiro atoms. The third kappa shape index (κ3) is 2.08. The first kappa shape index (κ1) is 12.7. The Morgan fingerprint density at radius 2 is 1.76 bits per heavy atom. The van der Waals surface area contributed by atoms with Crippen molar-refractivity contribution in [3.05, 3.63) is 23.4 Å². The van der Waals surface area contributed by atoms with Crippen LogP contribution >= 0.6 is 0 Å². The smallest absolute Gasteiger partial charge is 0.163 e. The van der Waals surface area contributed by atoms with E-state index < -0.39 is 0 Å². The molecule has 2 aliphatic rings. The van der Waals surface area contributed by atoms with Gasteiger partial charge >= 0.3 is 0 Å². The van der Waals surface area contributed by atoms with Gasteiger partial charge in [-0.25, -0.2) is 0 Å². The van der Waals surface area contributed by atoms with Crippen LogP contribution in [0.4, 0.5) is 5.69 Å². The number of nitrogen functional groups attached to an aromatic ring is 1. The van der Waals surface area contributed by atoms with E-state index in [2.05, 4.69) is 5.43 Å². The topological polar surface area (TPSA) is 69.4 Å². The lowest BCUT2D eigenvalue weighted by atomic mass is 9.93. The largest absolute Gasteiger partial charge is 0.490 e. The standard InChI is InChI=1S/C16H19N3O2/c17-19-16-10-4-1-2-5-12(10)18-13-9-15-14(8-11(13)16)20-6-3-7-21-15/h8-9H,1-7,17H2,(H,18,19). The molecule has 0 unspecified atom stereocenters. The summed E-state index contributed by atoms with van der Waals surface area (Å²) in [4.78, 5) is 4.83. The molecule has 1 aromatic carbocycles. The second-order valence-corrected chi connectivity index (χ2v) is 5.63. The van der Waals surface area contributed by atoms with Crippen molar-refractivity contribution in [2.24, 2.45) is 5.84 Å². The van der Waals surface area contributed by atoms with Gasteiger partial charge in [0.25, 0.3) is 0 Å². The summed E-state index contributed by atoms with van der Waals surface area (Å²) in [5.74, 6) is 7.37. The minimum atomic E-state index is 0.683. The Bertz CT molecular complexity index is 700. The average molecular weight is 285 g/mol. The van der Waals surface area contributed by atoms with E-state index in [9.17, 15) is 0 Å². The Morgan fingerprint density at radius 1 is 1.00 bits per heavy atom. The van der Waals surface area contributed by atoms with Gasteiger partial charge in [0, 0.05) is 23.6 Å². The van der Waals surface area contributed by atoms with Crippen molar-refractivity contribution in [1.82, 2.24) is 4.98 Å². The molecular formula is C16H19N3O2. The van der Waals surface area contributed by atoms with Crippen LogP contribution < -0.4 is 20.7 Å². The minimum absolute atomic E-state index is 0.683. The second kappa shape index (κ2) is 5.07. The molecule has 1 aromatic heterocycles. The molecule has 0 atom stereocenters. The van der Waals surface area contributed by atoms with E-state index in [1.54, 1.807) is 0 Å². The number of nitrogens with zero attached hydrogens (tertiary/aromatic N) is 1. The molecule has 0 amide bonds. The van der Waals surface area contributed by atoms with Crippen LogP contribution in [0.15, 0.2) is 12.1 Å². The molecule has 0 bridgehead atoms. The van der Waals surface area contributed by atoms with Crippen molar-refractivity contribution in [3.63, 3.8) is 0 Å². The number of anilines is 1. The predicted octanol–water partition coefficient (Wildman–Crippen LogP) is 2.56. The summed E-state index contributed by atoms with van der Waals surface area (Å²) in [5.41, 5.74) is 7.22. The Kier molecular flexibility index (Phi) is 3.07. The molecule has 5 nitrogen and oxygen atoms in total. The van der Waals surface area contributed by atoms with E-state index in [0.29, 0.717) is 13.2 Å². The molecular weight excluding hydrogens is 266 g/mol. The summed E-state index contributed by atoms with van der Waals surface area (Å²) in [5, 5.41) is 1.02. The lowest BCUT2D eigenvalue weighted by molar-refractivity contribution is 0.297. The van der Waals surface area contributed by atoms with Gasteiger partial charge < -0.3 is 14.9 Å². The third-order valence-corrected chi connectivity index (χ3v) is 4.28. The quantitative estimate of drug-likeness (QED) is 0.622. The van der Waals surface area contributed by atoms with Crippen molar-refractivity contribution in [1.29, 1.82) is 0 Å². The van der Waals surface area contributed by atoms with Crippen LogP contribution in [0.25, 0.3) is 10.9 Å². The van der Waals surface area contributed by atoms with Crippen molar-refractivity contribution in [2.45, 2.75) is 32.1 Å². The number of aryl methyl sites for hydroxylation is 1. The molecule has 1 aliphatic heterocycles. The minimum Gasteiger partial charge on any atom is -0.490 e. The highest BCUT2D eigenvalue weighted by atomic mass is 16.5. The molecule has 2 aromatic rings. The van der Waals surface area contributed by atoms with E-state index in [1.165, 1.54) is 18.4 Å². The number of fused-ring (bicyclic) bond motifs is 3. The number of nitrogens with two attached hydrogens (primary N) is 1. The first-order valence-electron chi connectivity index (χ1n) is 7.58. The summed E-state index contributed by atoms with van der Waals surface area (Å²) in [6.45, 7) is 1.37. The molecule has 1 aliphatic carbocycles. The zero-order valence-corrected chi connectivity index (χ0v) is 11.9. The van der Waals surface area contributed by atoms with E-state index in [0.717, 1.165) is 53.0 Å². The average Bonchev–Trinajstić information content (AvgIpc) is 2.75. The molecule has 21 heavy (non-hydrogen) atoms. The molecule has 110 valence electrons. The van der Waals surface area contributed by atoms with Gasteiger partial charge in [-0.05, 0) is 37.3 Å². The highest BCUT2D eigenvalue weighted by Crippen LogP contribution is 2.39. The number of hydrogen-bond acceptors (Lipinski definition) is 5. The first-order chi connectivity index (χ1) is 10.4. The summed E-state index contributed by atoms with van der Waals surface area (Å²) >= 11 is 0. The summed E-state index contributed by atoms with van der Waals surface area (Å²) in [7, 11) is 0. The molecule has 0 radical (unpaired) electrons. The van der Waals surface area contributed by atoms with E-state index in [1.807, 2.05) is 12.1 Å². The number of hydrogen-bond donors (Lipinski definition) is 2. The van der Waals surface area contributed by atoms with Gasteiger partial charge in [-0.15, -0.1) is 0 Å². The Balaban J connectivity index is 1.97. The van der Waals surface area contributed by atoms with Crippen LogP contribution in [-0.4, -0.2) is 18.2 Å². The molecule has 4 rings (SSSR count). The fraction of sp³-hybridized carbons (Fsp3) is 0.438. The Labute approximate surface area is 123 Å². The van der Waals surface area contributed by atoms with Crippen LogP contribution in [0.1, 0.15) is 30.5 Å². The van der Waals surface area contributed by atoms with Crippen LogP contribution in [-0.2, 0) is 12.8 Å². The molecule has 5 heteroatoms. The lowest BCUT2D eigenvalue weighted by Gasteiger charge is -2.21. The maximum atomic E-state index is 5.80. The SMILES string of the molecule is NNc1c2c(nc3cc4c(cc13)OCCCO4)CCCC2. The van der Waals surface area contributed by atoms with E-state index in [4.69, 9.17) is 20.3 Å². The second-order valence-electron chi connectivity index (χ2n) is 5.63. The lowest BCUT2D eigenvalue weighted by Crippen LogP contribution is -2.15. The fourth-order valence-electron chi connectivity index (χ4n) is 3.25. The zero-order chi connectivity index (χ0) is 14.2. The summed E-state index contributed by atoms with van der Waals surface area (Å²) in [6, 6.07) is 3.98. The number of ether oxygens (including phenoxy) is 2. The molecule has 3 N–H and O–H groups in total. The summed E-state index contributed by atoms with van der Waals surface area (Å²) < 4.78 is 11.5. The first-order valence-corrected chi connectivity index (χ1v) is 7.58. The van der Waals surface area contributed by atoms with E-state index in [-0.39, 0.29) is 0 Å². The number of nitrogens with one attached hydrogen (secondary N) is 1. The van der Waals surface area contributed by atoms with Gasteiger partial charge in [0.15, 0.2) is 11.5 Å². The normalized spacial score (nSPS) is 17.2. The van der Waals surface area contributed by atoms with Crippen LogP contribution in [0.5, 0.6) is 11.5 Å². The van der Waals surface area contributed by atoms with E-state index >= 15 is 0 Å². The molecule has 2 heterocycles. The van der Waals surface area contributed by atoms with Crippen molar-refractivity contribution < 1.29 is 9.47 Å². The third-order valence-electron chi connectivity index (χ3n) is 4.28. The molecule has 0 saturated carbocycles. The zero-order valence-electron chi connectivity index (χ0n) is 11.9. The predicted molar refractivity (Wildman–Crippen MR) is 81.8 cm³/mol. The Morgan fingerprint density at radius 3 is 2.57 bits per heavy atom. The van der Waals surface area contributed by atoms with Gasteiger partial charge in [-0.3, -0.25) is 10.8 Å². The van der Waals surface area contributed by atoms with Gasteiger partial charge in [0.1, 0.15) is 0 Å². The summed E-state index contributed by atoms with van der Waals surface area (Å²) in [6.07, 6.45) is 5.34. The van der Waals surface area contributed by atoms with Gasteiger partial charge in [0.05, 0.1) is 24.4 Å². The van der Waals surface area contributed by atoms with Crippen LogP contribution in [0, 0.1) is 0 Å². The van der Waals surface area contributed by atoms with Crippen LogP contribution in [0.2, 0.25) is 0 Å². The maximum Gasteiger partial charge on any atom is 0.163 e.